The van der Waals surface area contributed by atoms with Gasteiger partial charge in [-0.1, -0.05) is 6.58 Å². The summed E-state index contributed by atoms with van der Waals surface area (Å²) in [5.41, 5.74) is -0.817. The van der Waals surface area contributed by atoms with E-state index in [2.05, 4.69) is 11.6 Å². The first kappa shape index (κ1) is 18.7. The quantitative estimate of drug-likeness (QED) is 0.823. The molecule has 1 aromatic carbocycles. The van der Waals surface area contributed by atoms with Crippen LogP contribution in [0.5, 0.6) is 11.6 Å². The number of hydrogen-bond acceptors (Lipinski definition) is 5. The molecule has 0 amide bonds. The second-order valence-corrected chi connectivity index (χ2v) is 5.90. The molecule has 0 unspecified atom stereocenters. The third kappa shape index (κ3) is 3.22. The molecular formula is C17H15F4N3O3. The molecule has 1 atom stereocenters. The van der Waals surface area contributed by atoms with Crippen molar-refractivity contribution in [3.63, 3.8) is 0 Å². The molecule has 1 aromatic heterocycles. The zero-order valence-corrected chi connectivity index (χ0v) is 14.1. The van der Waals surface area contributed by atoms with E-state index < -0.39 is 41.8 Å². The predicted molar refractivity (Wildman–Crippen MR) is 89.2 cm³/mol. The van der Waals surface area contributed by atoms with E-state index in [1.165, 1.54) is 12.0 Å². The van der Waals surface area contributed by atoms with Gasteiger partial charge in [-0.3, -0.25) is 9.36 Å². The van der Waals surface area contributed by atoms with E-state index in [-0.39, 0.29) is 16.8 Å². The molecule has 3 rings (SSSR count). The normalized spacial score (nSPS) is 16.8. The van der Waals surface area contributed by atoms with Crippen LogP contribution in [-0.4, -0.2) is 34.5 Å². The molecular weight excluding hydrogens is 370 g/mol. The standard InChI is InChI=1S/C17H15F4N3O3/c1-9(10-3-5-11(27-2)6-4-10)23-8-7-12(17(19,20)21)24-15(26)13(18)14(25)22-16(23)24/h3-6,12,25H,1,7-8H2,2H3/t12-/m1/s1. The van der Waals surface area contributed by atoms with Gasteiger partial charge in [-0.15, -0.1) is 0 Å². The molecule has 27 heavy (non-hydrogen) atoms. The van der Waals surface area contributed by atoms with Crippen molar-refractivity contribution in [2.45, 2.75) is 18.6 Å². The van der Waals surface area contributed by atoms with Crippen LogP contribution in [0.3, 0.4) is 0 Å². The summed E-state index contributed by atoms with van der Waals surface area (Å²) in [4.78, 5) is 16.8. The topological polar surface area (TPSA) is 67.6 Å². The Labute approximate surface area is 150 Å². The van der Waals surface area contributed by atoms with Crippen molar-refractivity contribution in [3.05, 3.63) is 52.6 Å². The minimum atomic E-state index is -4.78. The second kappa shape index (κ2) is 6.60. The van der Waals surface area contributed by atoms with E-state index in [9.17, 15) is 27.5 Å². The van der Waals surface area contributed by atoms with Crippen LogP contribution in [0.4, 0.5) is 23.5 Å². The number of hydrogen-bond donors (Lipinski definition) is 1. The van der Waals surface area contributed by atoms with Crippen LogP contribution in [0.25, 0.3) is 5.70 Å². The van der Waals surface area contributed by atoms with E-state index in [0.717, 1.165) is 0 Å². The first-order valence-electron chi connectivity index (χ1n) is 7.83. The summed E-state index contributed by atoms with van der Waals surface area (Å²) in [7, 11) is 1.48. The molecule has 1 aliphatic heterocycles. The van der Waals surface area contributed by atoms with E-state index in [1.807, 2.05) is 0 Å². The minimum Gasteiger partial charge on any atom is -0.497 e. The summed E-state index contributed by atoms with van der Waals surface area (Å²) in [5.74, 6) is -2.95. The molecule has 1 N–H and O–H groups in total. The third-order valence-corrected chi connectivity index (χ3v) is 4.33. The van der Waals surface area contributed by atoms with Gasteiger partial charge in [0, 0.05) is 12.2 Å². The molecule has 0 radical (unpaired) electrons. The predicted octanol–water partition coefficient (Wildman–Crippen LogP) is 3.08. The van der Waals surface area contributed by atoms with Crippen molar-refractivity contribution >= 4 is 11.6 Å². The first-order chi connectivity index (χ1) is 12.6. The Balaban J connectivity index is 2.11. The number of alkyl halides is 3. The first-order valence-corrected chi connectivity index (χ1v) is 7.83. The fourth-order valence-corrected chi connectivity index (χ4v) is 2.95. The third-order valence-electron chi connectivity index (χ3n) is 4.33. The van der Waals surface area contributed by atoms with Crippen LogP contribution >= 0.6 is 0 Å². The zero-order valence-electron chi connectivity index (χ0n) is 14.1. The molecule has 2 aromatic rings. The molecule has 10 heteroatoms. The van der Waals surface area contributed by atoms with Crippen LogP contribution in [0, 0.1) is 5.82 Å². The van der Waals surface area contributed by atoms with E-state index in [4.69, 9.17) is 4.74 Å². The lowest BCUT2D eigenvalue weighted by Gasteiger charge is -2.37. The molecule has 2 heterocycles. The summed E-state index contributed by atoms with van der Waals surface area (Å²) >= 11 is 0. The summed E-state index contributed by atoms with van der Waals surface area (Å²) in [6.07, 6.45) is -5.28. The van der Waals surface area contributed by atoms with Gasteiger partial charge < -0.3 is 14.7 Å². The number of fused-ring (bicyclic) bond motifs is 1. The smallest absolute Gasteiger partial charge is 0.409 e. The molecule has 1 aliphatic rings. The molecule has 0 aliphatic carbocycles. The van der Waals surface area contributed by atoms with Gasteiger partial charge in [0.05, 0.1) is 7.11 Å². The van der Waals surface area contributed by atoms with Gasteiger partial charge in [0.15, 0.2) is 0 Å². The van der Waals surface area contributed by atoms with Crippen molar-refractivity contribution in [2.24, 2.45) is 0 Å². The average molecular weight is 385 g/mol. The largest absolute Gasteiger partial charge is 0.497 e. The number of aromatic nitrogens is 2. The van der Waals surface area contributed by atoms with E-state index in [1.54, 1.807) is 24.3 Å². The summed E-state index contributed by atoms with van der Waals surface area (Å²) in [6, 6.07) is 4.27. The highest BCUT2D eigenvalue weighted by Crippen LogP contribution is 2.40. The Morgan fingerprint density at radius 1 is 1.33 bits per heavy atom. The summed E-state index contributed by atoms with van der Waals surface area (Å²) in [6.45, 7) is 3.67. The van der Waals surface area contributed by atoms with Crippen LogP contribution in [0.15, 0.2) is 35.6 Å². The van der Waals surface area contributed by atoms with Gasteiger partial charge in [0.1, 0.15) is 11.8 Å². The molecule has 6 nitrogen and oxygen atoms in total. The fraction of sp³-hybridized carbons (Fsp3) is 0.294. The maximum absolute atomic E-state index is 13.7. The number of halogens is 4. The number of anilines is 1. The van der Waals surface area contributed by atoms with Gasteiger partial charge in [0.25, 0.3) is 11.4 Å². The van der Waals surface area contributed by atoms with Crippen molar-refractivity contribution in [2.75, 3.05) is 18.6 Å². The van der Waals surface area contributed by atoms with Gasteiger partial charge in [-0.2, -0.15) is 22.5 Å². The maximum Gasteiger partial charge on any atom is 0.409 e. The zero-order chi connectivity index (χ0) is 19.9. The Kier molecular flexibility index (Phi) is 4.58. The lowest BCUT2D eigenvalue weighted by molar-refractivity contribution is -0.170. The van der Waals surface area contributed by atoms with Crippen LogP contribution in [0.2, 0.25) is 0 Å². The number of rotatable bonds is 3. The highest BCUT2D eigenvalue weighted by molar-refractivity contribution is 5.76. The molecule has 0 saturated carbocycles. The van der Waals surface area contributed by atoms with E-state index in [0.29, 0.717) is 11.3 Å². The van der Waals surface area contributed by atoms with Crippen molar-refractivity contribution in [1.82, 2.24) is 9.55 Å². The number of nitrogens with zero attached hydrogens (tertiary/aromatic N) is 3. The minimum absolute atomic E-state index is 0.174. The Morgan fingerprint density at radius 3 is 2.52 bits per heavy atom. The Hall–Kier alpha value is -3.04. The molecule has 0 saturated heterocycles. The van der Waals surface area contributed by atoms with Gasteiger partial charge >= 0.3 is 6.18 Å². The number of methoxy groups -OCH3 is 1. The van der Waals surface area contributed by atoms with Crippen LogP contribution in [0.1, 0.15) is 18.0 Å². The summed E-state index contributed by atoms with van der Waals surface area (Å²) in [5, 5.41) is 9.53. The molecule has 144 valence electrons. The van der Waals surface area contributed by atoms with Crippen LogP contribution in [-0.2, 0) is 0 Å². The Bertz CT molecular complexity index is 938. The highest BCUT2D eigenvalue weighted by Gasteiger charge is 2.46. The number of aromatic hydroxyl groups is 1. The van der Waals surface area contributed by atoms with Crippen molar-refractivity contribution < 1.29 is 27.4 Å². The monoisotopic (exact) mass is 385 g/mol. The molecule has 0 fully saturated rings. The summed E-state index contributed by atoms with van der Waals surface area (Å²) < 4.78 is 59.0. The van der Waals surface area contributed by atoms with E-state index >= 15 is 0 Å². The number of ether oxygens (including phenoxy) is 1. The van der Waals surface area contributed by atoms with Crippen LogP contribution < -0.4 is 15.2 Å². The lowest BCUT2D eigenvalue weighted by atomic mass is 10.1. The number of benzene rings is 1. The molecule has 0 bridgehead atoms. The maximum atomic E-state index is 13.7. The van der Waals surface area contributed by atoms with Gasteiger partial charge in [0.2, 0.25) is 11.8 Å². The van der Waals surface area contributed by atoms with Crippen molar-refractivity contribution in [1.29, 1.82) is 0 Å². The lowest BCUT2D eigenvalue weighted by Crippen LogP contribution is -2.45. The second-order valence-electron chi connectivity index (χ2n) is 5.90. The SMILES string of the molecule is C=C(c1ccc(OC)cc1)N1CC[C@H](C(F)(F)F)n2c1nc(O)c(F)c2=O. The molecule has 0 spiro atoms. The highest BCUT2D eigenvalue weighted by atomic mass is 19.4. The average Bonchev–Trinajstić information content (AvgIpc) is 2.64. The fourth-order valence-electron chi connectivity index (χ4n) is 2.95. The van der Waals surface area contributed by atoms with Crippen molar-refractivity contribution in [3.8, 4) is 11.6 Å². The van der Waals surface area contributed by atoms with Gasteiger partial charge in [-0.05, 0) is 36.2 Å². The van der Waals surface area contributed by atoms with Gasteiger partial charge in [-0.25, -0.2) is 0 Å². The Morgan fingerprint density at radius 2 is 1.96 bits per heavy atom.